The number of para-hydroxylation sites is 2. The summed E-state index contributed by atoms with van der Waals surface area (Å²) in [6, 6.07) is 17.1. The summed E-state index contributed by atoms with van der Waals surface area (Å²) < 4.78 is 1.23. The van der Waals surface area contributed by atoms with E-state index >= 15 is 0 Å². The molecule has 162 valence electrons. The highest BCUT2D eigenvalue weighted by Crippen LogP contribution is 2.12. The Bertz CT molecular complexity index is 1080. The molecule has 1 aromatic heterocycles. The average molecular weight is 422 g/mol. The first kappa shape index (κ1) is 22.0. The van der Waals surface area contributed by atoms with Crippen LogP contribution in [0, 0.1) is 0 Å². The lowest BCUT2D eigenvalue weighted by Gasteiger charge is -2.23. The monoisotopic (exact) mass is 421 g/mol. The minimum absolute atomic E-state index is 0.134. The molecule has 0 aliphatic heterocycles. The van der Waals surface area contributed by atoms with Crippen LogP contribution in [0.1, 0.15) is 13.3 Å². The van der Waals surface area contributed by atoms with Gasteiger partial charge in [-0.3, -0.25) is 19.0 Å². The van der Waals surface area contributed by atoms with E-state index in [0.717, 1.165) is 25.2 Å². The number of fused-ring (bicyclic) bond motifs is 1. The van der Waals surface area contributed by atoms with Crippen molar-refractivity contribution in [2.24, 2.45) is 0 Å². The molecule has 0 aliphatic rings. The normalized spacial score (nSPS) is 10.6. The Labute approximate surface area is 180 Å². The molecule has 0 aliphatic carbocycles. The van der Waals surface area contributed by atoms with E-state index in [1.165, 1.54) is 10.9 Å². The highest BCUT2D eigenvalue weighted by atomic mass is 16.2. The lowest BCUT2D eigenvalue weighted by atomic mass is 10.2. The Morgan fingerprint density at radius 3 is 2.52 bits per heavy atom. The molecular formula is C23H27N5O3. The third-order valence-electron chi connectivity index (χ3n) is 4.92. The number of aromatic nitrogens is 2. The zero-order valence-corrected chi connectivity index (χ0v) is 17.6. The molecule has 8 nitrogen and oxygen atoms in total. The molecule has 3 aromatic rings. The lowest BCUT2D eigenvalue weighted by Crippen LogP contribution is -2.40. The molecule has 1 heterocycles. The number of anilines is 1. The standard InChI is InChI=1S/C23H27N5O3/c1-2-27(18-9-4-3-5-10-18)14-8-13-24-21(29)15-25-22(30)16-28-17-26-20-12-7-6-11-19(20)23(28)31/h3-7,9-12,17H,2,8,13-16H2,1H3,(H,24,29)(H,25,30). The largest absolute Gasteiger partial charge is 0.372 e. The number of nitrogens with one attached hydrogen (secondary N) is 2. The summed E-state index contributed by atoms with van der Waals surface area (Å²) >= 11 is 0. The van der Waals surface area contributed by atoms with Crippen LogP contribution in [0.5, 0.6) is 0 Å². The van der Waals surface area contributed by atoms with Gasteiger partial charge in [-0.15, -0.1) is 0 Å². The summed E-state index contributed by atoms with van der Waals surface area (Å²) in [7, 11) is 0. The predicted octanol–water partition coefficient (Wildman–Crippen LogP) is 1.55. The first-order valence-electron chi connectivity index (χ1n) is 10.4. The van der Waals surface area contributed by atoms with Crippen molar-refractivity contribution >= 4 is 28.4 Å². The Balaban J connectivity index is 1.39. The van der Waals surface area contributed by atoms with Crippen LogP contribution in [0.3, 0.4) is 0 Å². The molecule has 0 atom stereocenters. The molecule has 0 bridgehead atoms. The Hall–Kier alpha value is -3.68. The van der Waals surface area contributed by atoms with Gasteiger partial charge in [-0.1, -0.05) is 30.3 Å². The molecule has 8 heteroatoms. The van der Waals surface area contributed by atoms with Gasteiger partial charge in [0, 0.05) is 25.3 Å². The van der Waals surface area contributed by atoms with E-state index in [4.69, 9.17) is 0 Å². The van der Waals surface area contributed by atoms with E-state index in [-0.39, 0.29) is 24.6 Å². The molecule has 3 rings (SSSR count). The van der Waals surface area contributed by atoms with Gasteiger partial charge in [0.1, 0.15) is 6.54 Å². The van der Waals surface area contributed by atoms with Gasteiger partial charge in [-0.05, 0) is 37.6 Å². The molecule has 0 fully saturated rings. The summed E-state index contributed by atoms with van der Waals surface area (Å²) in [6.07, 6.45) is 2.14. The molecule has 0 saturated carbocycles. The number of benzene rings is 2. The number of hydrogen-bond acceptors (Lipinski definition) is 5. The van der Waals surface area contributed by atoms with E-state index in [1.807, 2.05) is 18.2 Å². The van der Waals surface area contributed by atoms with Crippen molar-refractivity contribution in [1.82, 2.24) is 20.2 Å². The van der Waals surface area contributed by atoms with Crippen LogP contribution in [0.25, 0.3) is 10.9 Å². The first-order valence-corrected chi connectivity index (χ1v) is 10.4. The predicted molar refractivity (Wildman–Crippen MR) is 121 cm³/mol. The van der Waals surface area contributed by atoms with E-state index in [1.54, 1.807) is 24.3 Å². The Morgan fingerprint density at radius 1 is 1.00 bits per heavy atom. The molecule has 2 aromatic carbocycles. The highest BCUT2D eigenvalue weighted by molar-refractivity contribution is 5.84. The Morgan fingerprint density at radius 2 is 1.74 bits per heavy atom. The van der Waals surface area contributed by atoms with E-state index in [0.29, 0.717) is 17.4 Å². The fourth-order valence-electron chi connectivity index (χ4n) is 3.28. The maximum absolute atomic E-state index is 12.4. The zero-order chi connectivity index (χ0) is 22.1. The summed E-state index contributed by atoms with van der Waals surface area (Å²) in [6.45, 7) is 4.00. The van der Waals surface area contributed by atoms with Crippen molar-refractivity contribution in [3.8, 4) is 0 Å². The summed E-state index contributed by atoms with van der Waals surface area (Å²) in [4.78, 5) is 43.0. The maximum Gasteiger partial charge on any atom is 0.261 e. The van der Waals surface area contributed by atoms with Crippen LogP contribution in [0.15, 0.2) is 65.7 Å². The molecule has 0 radical (unpaired) electrons. The van der Waals surface area contributed by atoms with Crippen molar-refractivity contribution in [2.45, 2.75) is 19.9 Å². The molecular weight excluding hydrogens is 394 g/mol. The smallest absolute Gasteiger partial charge is 0.261 e. The average Bonchev–Trinajstić information content (AvgIpc) is 2.80. The molecule has 0 spiro atoms. The number of carbonyl (C=O) groups excluding carboxylic acids is 2. The van der Waals surface area contributed by atoms with Crippen molar-refractivity contribution in [2.75, 3.05) is 31.1 Å². The minimum atomic E-state index is -0.421. The summed E-state index contributed by atoms with van der Waals surface area (Å²) in [5.41, 5.74) is 1.45. The zero-order valence-electron chi connectivity index (χ0n) is 17.6. The van der Waals surface area contributed by atoms with Crippen LogP contribution in [0.2, 0.25) is 0 Å². The third kappa shape index (κ3) is 6.15. The molecule has 2 amide bonds. The van der Waals surface area contributed by atoms with Crippen LogP contribution in [-0.2, 0) is 16.1 Å². The van der Waals surface area contributed by atoms with E-state index in [9.17, 15) is 14.4 Å². The van der Waals surface area contributed by atoms with Crippen LogP contribution in [-0.4, -0.2) is 47.5 Å². The van der Waals surface area contributed by atoms with Crippen LogP contribution >= 0.6 is 0 Å². The number of hydrogen-bond donors (Lipinski definition) is 2. The first-order chi connectivity index (χ1) is 15.1. The van der Waals surface area contributed by atoms with Crippen molar-refractivity contribution in [1.29, 1.82) is 0 Å². The SMILES string of the molecule is CCN(CCCNC(=O)CNC(=O)Cn1cnc2ccccc2c1=O)c1ccccc1. The van der Waals surface area contributed by atoms with Gasteiger partial charge in [-0.2, -0.15) is 0 Å². The number of carbonyl (C=O) groups is 2. The second-order valence-corrected chi connectivity index (χ2v) is 7.09. The fourth-order valence-corrected chi connectivity index (χ4v) is 3.28. The van der Waals surface area contributed by atoms with Gasteiger partial charge in [0.2, 0.25) is 11.8 Å². The summed E-state index contributed by atoms with van der Waals surface area (Å²) in [5.74, 6) is -0.685. The molecule has 31 heavy (non-hydrogen) atoms. The van der Waals surface area contributed by atoms with Gasteiger partial charge < -0.3 is 15.5 Å². The third-order valence-corrected chi connectivity index (χ3v) is 4.92. The second-order valence-electron chi connectivity index (χ2n) is 7.09. The fraction of sp³-hybridized carbons (Fsp3) is 0.304. The molecule has 2 N–H and O–H groups in total. The van der Waals surface area contributed by atoms with Crippen molar-refractivity contribution in [3.63, 3.8) is 0 Å². The second kappa shape index (κ2) is 10.9. The van der Waals surface area contributed by atoms with Gasteiger partial charge in [0.15, 0.2) is 0 Å². The van der Waals surface area contributed by atoms with Gasteiger partial charge >= 0.3 is 0 Å². The van der Waals surface area contributed by atoms with Crippen molar-refractivity contribution in [3.05, 3.63) is 71.3 Å². The minimum Gasteiger partial charge on any atom is -0.372 e. The van der Waals surface area contributed by atoms with Crippen LogP contribution in [0.4, 0.5) is 5.69 Å². The summed E-state index contributed by atoms with van der Waals surface area (Å²) in [5, 5.41) is 5.80. The van der Waals surface area contributed by atoms with Crippen molar-refractivity contribution < 1.29 is 9.59 Å². The molecule has 0 saturated heterocycles. The molecule has 0 unspecified atom stereocenters. The van der Waals surface area contributed by atoms with Gasteiger partial charge in [0.25, 0.3) is 5.56 Å². The van der Waals surface area contributed by atoms with Gasteiger partial charge in [-0.25, -0.2) is 4.98 Å². The van der Waals surface area contributed by atoms with E-state index in [2.05, 4.69) is 39.6 Å². The number of amides is 2. The van der Waals surface area contributed by atoms with Crippen LogP contribution < -0.4 is 21.1 Å². The number of nitrogens with zero attached hydrogens (tertiary/aromatic N) is 3. The van der Waals surface area contributed by atoms with E-state index < -0.39 is 5.91 Å². The highest BCUT2D eigenvalue weighted by Gasteiger charge is 2.10. The lowest BCUT2D eigenvalue weighted by molar-refractivity contribution is -0.126. The maximum atomic E-state index is 12.4. The number of rotatable bonds is 10. The van der Waals surface area contributed by atoms with Gasteiger partial charge in [0.05, 0.1) is 23.8 Å². The topological polar surface area (TPSA) is 96.3 Å². The quantitative estimate of drug-likeness (QED) is 0.484. The Kier molecular flexibility index (Phi) is 7.75.